The van der Waals surface area contributed by atoms with Crippen molar-refractivity contribution in [1.82, 2.24) is 5.32 Å². The zero-order valence-corrected chi connectivity index (χ0v) is 19.0. The molecule has 5 saturated carbocycles. The molecule has 5 fully saturated rings. The van der Waals surface area contributed by atoms with Crippen LogP contribution in [-0.4, -0.2) is 24.5 Å². The standard InChI is InChI=1S/C25H41NO3/c1-16(25-12-17-9-18(13-25)11-19(10-17)14-25)26-22(27)15-29-23(28)20-5-7-21(8-6-20)24(2,3)4/h16-21H,5-15H2,1-4H3,(H,26,27)/t16-,17?,18?,19?,20?,21?,25?/m1/s1. The molecule has 5 rings (SSSR count). The van der Waals surface area contributed by atoms with Crippen LogP contribution in [0.25, 0.3) is 0 Å². The van der Waals surface area contributed by atoms with Gasteiger partial charge in [0.1, 0.15) is 0 Å². The molecule has 0 aromatic heterocycles. The Morgan fingerprint density at radius 1 is 0.966 bits per heavy atom. The largest absolute Gasteiger partial charge is 0.455 e. The second-order valence-corrected chi connectivity index (χ2v) is 12.1. The van der Waals surface area contributed by atoms with Gasteiger partial charge < -0.3 is 10.1 Å². The Morgan fingerprint density at radius 3 is 1.97 bits per heavy atom. The van der Waals surface area contributed by atoms with Gasteiger partial charge in [-0.1, -0.05) is 20.8 Å². The molecular formula is C25H41NO3. The smallest absolute Gasteiger partial charge is 0.309 e. The number of esters is 1. The van der Waals surface area contributed by atoms with Crippen molar-refractivity contribution in [2.75, 3.05) is 6.61 Å². The predicted octanol–water partition coefficient (Wildman–Crippen LogP) is 5.10. The second-order valence-electron chi connectivity index (χ2n) is 12.1. The minimum Gasteiger partial charge on any atom is -0.455 e. The summed E-state index contributed by atoms with van der Waals surface area (Å²) in [6.07, 6.45) is 12.0. The fourth-order valence-electron chi connectivity index (χ4n) is 7.59. The van der Waals surface area contributed by atoms with Crippen LogP contribution in [0.1, 0.15) is 91.9 Å². The molecule has 5 aliphatic carbocycles. The van der Waals surface area contributed by atoms with E-state index < -0.39 is 0 Å². The molecule has 0 aliphatic heterocycles. The summed E-state index contributed by atoms with van der Waals surface area (Å²) in [4.78, 5) is 25.0. The molecule has 0 saturated heterocycles. The third kappa shape index (κ3) is 4.51. The van der Waals surface area contributed by atoms with Gasteiger partial charge in [-0.3, -0.25) is 9.59 Å². The zero-order valence-electron chi connectivity index (χ0n) is 19.0. The minimum atomic E-state index is -0.171. The molecule has 0 heterocycles. The number of amides is 1. The third-order valence-corrected chi connectivity index (χ3v) is 9.01. The average Bonchev–Trinajstić information content (AvgIpc) is 2.64. The molecule has 1 N–H and O–H groups in total. The Bertz CT molecular complexity index is 591. The summed E-state index contributed by atoms with van der Waals surface area (Å²) in [6.45, 7) is 8.91. The van der Waals surface area contributed by atoms with Gasteiger partial charge in [-0.2, -0.15) is 0 Å². The van der Waals surface area contributed by atoms with Crippen molar-refractivity contribution in [2.24, 2.45) is 40.4 Å². The Balaban J connectivity index is 1.22. The SMILES string of the molecule is C[C@@H](NC(=O)COC(=O)C1CCC(C(C)(C)C)CC1)C12CC3CC(CC(C3)C1)C2. The summed E-state index contributed by atoms with van der Waals surface area (Å²) >= 11 is 0. The lowest BCUT2D eigenvalue weighted by Gasteiger charge is -2.59. The summed E-state index contributed by atoms with van der Waals surface area (Å²) in [5.74, 6) is 2.99. The molecule has 5 aliphatic rings. The van der Waals surface area contributed by atoms with Crippen LogP contribution < -0.4 is 5.32 Å². The molecule has 0 spiro atoms. The van der Waals surface area contributed by atoms with Gasteiger partial charge in [0.15, 0.2) is 6.61 Å². The van der Waals surface area contributed by atoms with Crippen molar-refractivity contribution in [3.05, 3.63) is 0 Å². The van der Waals surface area contributed by atoms with Crippen molar-refractivity contribution >= 4 is 11.9 Å². The van der Waals surface area contributed by atoms with Gasteiger partial charge in [0.2, 0.25) is 0 Å². The predicted molar refractivity (Wildman–Crippen MR) is 114 cm³/mol. The summed E-state index contributed by atoms with van der Waals surface area (Å²) in [5, 5.41) is 3.21. The molecule has 4 nitrogen and oxygen atoms in total. The molecular weight excluding hydrogens is 362 g/mol. The highest BCUT2D eigenvalue weighted by atomic mass is 16.5. The number of nitrogens with one attached hydrogen (secondary N) is 1. The van der Waals surface area contributed by atoms with Gasteiger partial charge in [0.05, 0.1) is 5.92 Å². The minimum absolute atomic E-state index is 0.0259. The van der Waals surface area contributed by atoms with Crippen molar-refractivity contribution in [3.8, 4) is 0 Å². The van der Waals surface area contributed by atoms with Crippen molar-refractivity contribution in [1.29, 1.82) is 0 Å². The van der Waals surface area contributed by atoms with E-state index in [1.165, 1.54) is 38.5 Å². The molecule has 4 bridgehead atoms. The van der Waals surface area contributed by atoms with Crippen LogP contribution in [0.5, 0.6) is 0 Å². The number of hydrogen-bond acceptors (Lipinski definition) is 3. The Morgan fingerprint density at radius 2 is 1.48 bits per heavy atom. The van der Waals surface area contributed by atoms with Gasteiger partial charge in [0.25, 0.3) is 5.91 Å². The van der Waals surface area contributed by atoms with Gasteiger partial charge in [0, 0.05) is 6.04 Å². The molecule has 1 amide bonds. The van der Waals surface area contributed by atoms with Crippen molar-refractivity contribution in [3.63, 3.8) is 0 Å². The first-order chi connectivity index (χ1) is 13.6. The fraction of sp³-hybridized carbons (Fsp3) is 0.920. The average molecular weight is 404 g/mol. The lowest BCUT2D eigenvalue weighted by molar-refractivity contribution is -0.154. The van der Waals surface area contributed by atoms with Crippen LogP contribution in [0, 0.1) is 40.4 Å². The van der Waals surface area contributed by atoms with Crippen LogP contribution in [0.3, 0.4) is 0 Å². The maximum atomic E-state index is 12.5. The van der Waals surface area contributed by atoms with Crippen LogP contribution in [0.4, 0.5) is 0 Å². The monoisotopic (exact) mass is 403 g/mol. The molecule has 4 heteroatoms. The van der Waals surface area contributed by atoms with Crippen molar-refractivity contribution < 1.29 is 14.3 Å². The van der Waals surface area contributed by atoms with Gasteiger partial charge in [-0.05, 0) is 106 Å². The van der Waals surface area contributed by atoms with Crippen LogP contribution >= 0.6 is 0 Å². The van der Waals surface area contributed by atoms with E-state index in [0.29, 0.717) is 16.7 Å². The van der Waals surface area contributed by atoms with E-state index in [4.69, 9.17) is 4.74 Å². The van der Waals surface area contributed by atoms with Crippen LogP contribution in [0.2, 0.25) is 0 Å². The summed E-state index contributed by atoms with van der Waals surface area (Å²) in [6, 6.07) is 0.185. The van der Waals surface area contributed by atoms with Crippen LogP contribution in [0.15, 0.2) is 0 Å². The molecule has 164 valence electrons. The number of hydrogen-bond donors (Lipinski definition) is 1. The summed E-state index contributed by atoms with van der Waals surface area (Å²) in [5.41, 5.74) is 0.599. The first kappa shape index (κ1) is 21.2. The summed E-state index contributed by atoms with van der Waals surface area (Å²) < 4.78 is 5.43. The Kier molecular flexibility index (Phi) is 5.76. The molecule has 0 unspecified atom stereocenters. The Hall–Kier alpha value is -1.06. The van der Waals surface area contributed by atoms with Gasteiger partial charge in [-0.25, -0.2) is 0 Å². The highest BCUT2D eigenvalue weighted by Crippen LogP contribution is 2.61. The quantitative estimate of drug-likeness (QED) is 0.650. The normalized spacial score (nSPS) is 39.8. The van der Waals surface area contributed by atoms with Gasteiger partial charge >= 0.3 is 5.97 Å². The van der Waals surface area contributed by atoms with Gasteiger partial charge in [-0.15, -0.1) is 0 Å². The lowest BCUT2D eigenvalue weighted by atomic mass is 9.48. The van der Waals surface area contributed by atoms with E-state index in [0.717, 1.165) is 43.4 Å². The highest BCUT2D eigenvalue weighted by Gasteiger charge is 2.53. The van der Waals surface area contributed by atoms with E-state index in [1.54, 1.807) is 0 Å². The maximum Gasteiger partial charge on any atom is 0.309 e. The first-order valence-electron chi connectivity index (χ1n) is 12.1. The zero-order chi connectivity index (χ0) is 20.8. The molecule has 0 aromatic rings. The number of ether oxygens (including phenoxy) is 1. The van der Waals surface area contributed by atoms with E-state index >= 15 is 0 Å². The maximum absolute atomic E-state index is 12.5. The first-order valence-corrected chi connectivity index (χ1v) is 12.1. The van der Waals surface area contributed by atoms with Crippen LogP contribution in [-0.2, 0) is 14.3 Å². The third-order valence-electron chi connectivity index (χ3n) is 9.01. The molecule has 0 radical (unpaired) electrons. The highest BCUT2D eigenvalue weighted by molar-refractivity contribution is 5.81. The molecule has 29 heavy (non-hydrogen) atoms. The van der Waals surface area contributed by atoms with Crippen molar-refractivity contribution in [2.45, 2.75) is 97.9 Å². The van der Waals surface area contributed by atoms with E-state index in [9.17, 15) is 9.59 Å². The Labute approximate surface area is 176 Å². The van der Waals surface area contributed by atoms with E-state index in [-0.39, 0.29) is 30.4 Å². The lowest BCUT2D eigenvalue weighted by Crippen LogP contribution is -2.56. The molecule has 0 aromatic carbocycles. The molecule has 1 atom stereocenters. The number of rotatable bonds is 5. The van der Waals surface area contributed by atoms with E-state index in [2.05, 4.69) is 33.0 Å². The van der Waals surface area contributed by atoms with E-state index in [1.807, 2.05) is 0 Å². The topological polar surface area (TPSA) is 55.4 Å². The number of carbonyl (C=O) groups is 2. The second kappa shape index (κ2) is 7.89. The number of carbonyl (C=O) groups excluding carboxylic acids is 2. The fourth-order valence-corrected chi connectivity index (χ4v) is 7.59. The summed E-state index contributed by atoms with van der Waals surface area (Å²) in [7, 11) is 0.